The normalized spacial score (nSPS) is 43.9. The Morgan fingerprint density at radius 3 is 2.06 bits per heavy atom. The predicted octanol–water partition coefficient (Wildman–Crippen LogP) is 1.22. The third kappa shape index (κ3) is 1.98. The number of aliphatic hydroxyl groups is 1. The molecule has 0 amide bonds. The molecule has 2 unspecified atom stereocenters. The quantitative estimate of drug-likeness (QED) is 0.651. The van der Waals surface area contributed by atoms with Crippen molar-refractivity contribution in [2.75, 3.05) is 0 Å². The van der Waals surface area contributed by atoms with E-state index in [2.05, 4.69) is 0 Å². The van der Waals surface area contributed by atoms with E-state index in [0.717, 1.165) is 32.6 Å². The number of carboxylic acids is 1. The topological polar surface area (TPSA) is 74.6 Å². The zero-order valence-corrected chi connectivity index (χ0v) is 9.48. The minimum Gasteiger partial charge on any atom is -0.481 e. The van der Waals surface area contributed by atoms with Crippen LogP contribution in [0, 0.1) is 17.8 Å². The van der Waals surface area contributed by atoms with Crippen LogP contribution in [0.5, 0.6) is 0 Å². The maximum atomic E-state index is 11.6. The fourth-order valence-corrected chi connectivity index (χ4v) is 3.73. The Kier molecular flexibility index (Phi) is 2.78. The second-order valence-corrected chi connectivity index (χ2v) is 5.46. The van der Waals surface area contributed by atoms with Gasteiger partial charge in [-0.25, -0.2) is 0 Å². The van der Waals surface area contributed by atoms with E-state index in [1.165, 1.54) is 6.42 Å². The molecule has 16 heavy (non-hydrogen) atoms. The van der Waals surface area contributed by atoms with Gasteiger partial charge in [0.15, 0.2) is 5.78 Å². The molecule has 2 atom stereocenters. The minimum atomic E-state index is -0.880. The van der Waals surface area contributed by atoms with Crippen molar-refractivity contribution in [1.29, 1.82) is 0 Å². The molecule has 4 nitrogen and oxygen atoms in total. The maximum Gasteiger partial charge on any atom is 0.300 e. The molecule has 0 aliphatic heterocycles. The van der Waals surface area contributed by atoms with Crippen molar-refractivity contribution in [1.82, 2.24) is 0 Å². The van der Waals surface area contributed by atoms with Gasteiger partial charge in [-0.1, -0.05) is 0 Å². The highest BCUT2D eigenvalue weighted by atomic mass is 16.4. The third-order valence-electron chi connectivity index (χ3n) is 3.98. The number of carbonyl (C=O) groups excluding carboxylic acids is 1. The summed E-state index contributed by atoms with van der Waals surface area (Å²) in [5.41, 5.74) is -0.880. The van der Waals surface area contributed by atoms with Gasteiger partial charge in [0.2, 0.25) is 0 Å². The van der Waals surface area contributed by atoms with Crippen molar-refractivity contribution in [2.24, 2.45) is 17.8 Å². The summed E-state index contributed by atoms with van der Waals surface area (Å²) in [6, 6.07) is 0. The third-order valence-corrected chi connectivity index (χ3v) is 3.98. The highest BCUT2D eigenvalue weighted by Gasteiger charge is 2.55. The molecule has 4 heteroatoms. The van der Waals surface area contributed by atoms with E-state index < -0.39 is 11.6 Å². The van der Waals surface area contributed by atoms with Crippen LogP contribution in [-0.2, 0) is 9.59 Å². The molecular weight excluding hydrogens is 208 g/mol. The van der Waals surface area contributed by atoms with E-state index in [1.54, 1.807) is 0 Å². The Morgan fingerprint density at radius 1 is 1.25 bits per heavy atom. The van der Waals surface area contributed by atoms with Gasteiger partial charge in [0.25, 0.3) is 5.97 Å². The van der Waals surface area contributed by atoms with Gasteiger partial charge in [-0.3, -0.25) is 9.59 Å². The van der Waals surface area contributed by atoms with Gasteiger partial charge in [-0.15, -0.1) is 0 Å². The van der Waals surface area contributed by atoms with Crippen molar-refractivity contribution < 1.29 is 19.8 Å². The second kappa shape index (κ2) is 3.84. The van der Waals surface area contributed by atoms with Gasteiger partial charge in [-0.05, 0) is 43.9 Å². The Bertz CT molecular complexity index is 305. The van der Waals surface area contributed by atoms with Gasteiger partial charge in [0.05, 0.1) is 0 Å². The van der Waals surface area contributed by atoms with Gasteiger partial charge in [-0.2, -0.15) is 0 Å². The van der Waals surface area contributed by atoms with Crippen LogP contribution < -0.4 is 0 Å². The molecule has 0 aromatic carbocycles. The molecule has 0 aromatic heterocycles. The smallest absolute Gasteiger partial charge is 0.300 e. The molecule has 0 saturated heterocycles. The maximum absolute atomic E-state index is 11.6. The van der Waals surface area contributed by atoms with E-state index in [9.17, 15) is 9.90 Å². The van der Waals surface area contributed by atoms with Crippen molar-refractivity contribution >= 4 is 11.8 Å². The summed E-state index contributed by atoms with van der Waals surface area (Å²) < 4.78 is 0. The van der Waals surface area contributed by atoms with Gasteiger partial charge in [0, 0.05) is 12.8 Å². The van der Waals surface area contributed by atoms with Crippen molar-refractivity contribution in [3.8, 4) is 0 Å². The number of Topliss-reactive ketones (excluding diaryl/α,β-unsaturated/α-hetero) is 1. The summed E-state index contributed by atoms with van der Waals surface area (Å²) in [5, 5.41) is 17.4. The monoisotopic (exact) mass is 226 g/mol. The number of carboxylic acid groups (broad SMARTS) is 1. The average Bonchev–Trinajstić information content (AvgIpc) is 2.11. The molecule has 4 fully saturated rings. The van der Waals surface area contributed by atoms with Crippen LogP contribution in [0.4, 0.5) is 0 Å². The van der Waals surface area contributed by atoms with Crippen LogP contribution in [0.1, 0.15) is 39.0 Å². The number of aliphatic carboxylic acids is 1. The van der Waals surface area contributed by atoms with Crippen LogP contribution in [0.3, 0.4) is 0 Å². The second-order valence-electron chi connectivity index (χ2n) is 5.46. The van der Waals surface area contributed by atoms with Gasteiger partial charge < -0.3 is 10.2 Å². The first kappa shape index (κ1) is 11.6. The lowest BCUT2D eigenvalue weighted by molar-refractivity contribution is -0.168. The molecule has 0 heterocycles. The summed E-state index contributed by atoms with van der Waals surface area (Å²) in [7, 11) is 0. The molecule has 90 valence electrons. The first-order chi connectivity index (χ1) is 7.40. The first-order valence-electron chi connectivity index (χ1n) is 5.87. The van der Waals surface area contributed by atoms with E-state index in [0.29, 0.717) is 11.8 Å². The van der Waals surface area contributed by atoms with E-state index >= 15 is 0 Å². The minimum absolute atomic E-state index is 0.162. The van der Waals surface area contributed by atoms with Crippen LogP contribution in [0.25, 0.3) is 0 Å². The predicted molar refractivity (Wildman–Crippen MR) is 56.8 cm³/mol. The molecule has 4 aliphatic rings. The van der Waals surface area contributed by atoms with Crippen LogP contribution >= 0.6 is 0 Å². The largest absolute Gasteiger partial charge is 0.481 e. The van der Waals surface area contributed by atoms with Crippen molar-refractivity contribution in [3.05, 3.63) is 0 Å². The summed E-state index contributed by atoms with van der Waals surface area (Å²) in [6.45, 7) is 1.08. The number of ketones is 1. The summed E-state index contributed by atoms with van der Waals surface area (Å²) >= 11 is 0. The molecule has 4 rings (SSSR count). The lowest BCUT2D eigenvalue weighted by Gasteiger charge is -2.52. The summed E-state index contributed by atoms with van der Waals surface area (Å²) in [5.74, 6) is 0.867. The van der Waals surface area contributed by atoms with Crippen molar-refractivity contribution in [3.63, 3.8) is 0 Å². The number of hydrogen-bond acceptors (Lipinski definition) is 3. The Labute approximate surface area is 94.7 Å². The molecule has 0 spiro atoms. The molecule has 2 N–H and O–H groups in total. The van der Waals surface area contributed by atoms with Crippen LogP contribution in [0.2, 0.25) is 0 Å². The fourth-order valence-electron chi connectivity index (χ4n) is 3.73. The molecule has 4 saturated carbocycles. The fraction of sp³-hybridized carbons (Fsp3) is 0.833. The standard InChI is InChI=1S/C10H14O2.C2H4O2/c11-9-8-2-6-1-7(3-8)5-10(9,12)4-6;1-2(3)4/h6-8,12H,1-5H2;1H3,(H,3,4). The highest BCUT2D eigenvalue weighted by Crippen LogP contribution is 2.53. The van der Waals surface area contributed by atoms with Gasteiger partial charge >= 0.3 is 0 Å². The van der Waals surface area contributed by atoms with E-state index in [-0.39, 0.29) is 11.7 Å². The number of carbonyl (C=O) groups is 2. The Morgan fingerprint density at radius 2 is 1.69 bits per heavy atom. The first-order valence-corrected chi connectivity index (χ1v) is 5.87. The molecular formula is C12H18O4. The van der Waals surface area contributed by atoms with E-state index in [4.69, 9.17) is 9.90 Å². The summed E-state index contributed by atoms with van der Waals surface area (Å²) in [4.78, 5) is 20.6. The average molecular weight is 226 g/mol. The highest BCUT2D eigenvalue weighted by molar-refractivity contribution is 5.91. The molecule has 4 aliphatic carbocycles. The molecule has 0 aromatic rings. The molecule has 0 radical (unpaired) electrons. The lowest BCUT2D eigenvalue weighted by Crippen LogP contribution is -2.57. The van der Waals surface area contributed by atoms with Crippen molar-refractivity contribution in [2.45, 2.75) is 44.6 Å². The van der Waals surface area contributed by atoms with E-state index in [1.807, 2.05) is 0 Å². The SMILES string of the molecule is CC(=O)O.O=C1C2CC3CC(C2)CC1(O)C3. The number of rotatable bonds is 0. The Hall–Kier alpha value is -0.900. The Balaban J connectivity index is 0.000000212. The molecule has 4 bridgehead atoms. The van der Waals surface area contributed by atoms with Crippen LogP contribution in [0.15, 0.2) is 0 Å². The van der Waals surface area contributed by atoms with Crippen LogP contribution in [-0.4, -0.2) is 27.6 Å². The zero-order valence-electron chi connectivity index (χ0n) is 9.48. The van der Waals surface area contributed by atoms with Gasteiger partial charge in [0.1, 0.15) is 5.60 Å². The summed E-state index contributed by atoms with van der Waals surface area (Å²) in [6.07, 6.45) is 4.93. The number of hydrogen-bond donors (Lipinski definition) is 2. The lowest BCUT2D eigenvalue weighted by atomic mass is 9.54. The zero-order chi connectivity index (χ0) is 11.9.